The van der Waals surface area contributed by atoms with Gasteiger partial charge in [0.1, 0.15) is 0 Å². The molecule has 6 heteroatoms. The Morgan fingerprint density at radius 2 is 2.33 bits per heavy atom. The number of aliphatic hydroxyl groups excluding tert-OH is 1. The third kappa shape index (κ3) is 4.18. The Morgan fingerprint density at radius 3 is 3.00 bits per heavy atom. The maximum Gasteiger partial charge on any atom is 0.292 e. The van der Waals surface area contributed by atoms with Gasteiger partial charge in [-0.05, 0) is 23.9 Å². The Hall–Kier alpha value is -2.10. The minimum atomic E-state index is -0.199. The molecule has 0 aliphatic heterocycles. The zero-order valence-electron chi connectivity index (χ0n) is 11.9. The molecular formula is C15H16N2O3S. The van der Waals surface area contributed by atoms with Crippen LogP contribution < -0.4 is 0 Å². The predicted octanol–water partition coefficient (Wildman–Crippen LogP) is 2.05. The van der Waals surface area contributed by atoms with Gasteiger partial charge in [0.2, 0.25) is 5.76 Å². The highest BCUT2D eigenvalue weighted by molar-refractivity contribution is 7.10. The number of rotatable bonds is 4. The number of nitrogens with zero attached hydrogens (tertiary/aromatic N) is 2. The molecule has 0 saturated carbocycles. The molecule has 2 aromatic rings. The van der Waals surface area contributed by atoms with E-state index >= 15 is 0 Å². The van der Waals surface area contributed by atoms with E-state index in [1.807, 2.05) is 11.4 Å². The fourth-order valence-corrected chi connectivity index (χ4v) is 2.50. The van der Waals surface area contributed by atoms with Crippen molar-refractivity contribution >= 4 is 17.2 Å². The number of thiophene rings is 1. The van der Waals surface area contributed by atoms with Gasteiger partial charge in [-0.15, -0.1) is 11.3 Å². The molecule has 2 aromatic heterocycles. The van der Waals surface area contributed by atoms with Crippen molar-refractivity contribution < 1.29 is 14.4 Å². The van der Waals surface area contributed by atoms with Gasteiger partial charge >= 0.3 is 0 Å². The van der Waals surface area contributed by atoms with Crippen LogP contribution in [0, 0.1) is 18.8 Å². The summed E-state index contributed by atoms with van der Waals surface area (Å²) < 4.78 is 4.97. The van der Waals surface area contributed by atoms with Gasteiger partial charge in [0, 0.05) is 26.1 Å². The van der Waals surface area contributed by atoms with Crippen molar-refractivity contribution in [2.24, 2.45) is 0 Å². The molecular weight excluding hydrogens is 288 g/mol. The summed E-state index contributed by atoms with van der Waals surface area (Å²) in [5.41, 5.74) is 1.70. The second kappa shape index (κ2) is 7.07. The summed E-state index contributed by atoms with van der Waals surface area (Å²) in [7, 11) is 1.72. The Balaban J connectivity index is 1.98. The van der Waals surface area contributed by atoms with Gasteiger partial charge in [0.15, 0.2) is 0 Å². The zero-order valence-corrected chi connectivity index (χ0v) is 12.7. The van der Waals surface area contributed by atoms with E-state index in [0.29, 0.717) is 18.7 Å². The monoisotopic (exact) mass is 304 g/mol. The molecule has 1 N–H and O–H groups in total. The number of carbonyl (C=O) groups is 1. The number of amides is 1. The standard InChI is InChI=1S/C15H16N2O3S/c1-11-7-14(20-16-11)15(19)17(2)9-12-8-13(21-10-12)5-3-4-6-18/h7-8,10,18H,4,6,9H2,1-2H3. The summed E-state index contributed by atoms with van der Waals surface area (Å²) in [6.07, 6.45) is 0.469. The molecule has 5 nitrogen and oxygen atoms in total. The summed E-state index contributed by atoms with van der Waals surface area (Å²) in [6.45, 7) is 2.33. The molecule has 0 saturated heterocycles. The molecule has 0 aromatic carbocycles. The summed E-state index contributed by atoms with van der Waals surface area (Å²) in [4.78, 5) is 14.6. The SMILES string of the molecule is Cc1cc(C(=O)N(C)Cc2csc(C#CCCO)c2)on1. The van der Waals surface area contributed by atoms with Crippen molar-refractivity contribution in [2.75, 3.05) is 13.7 Å². The van der Waals surface area contributed by atoms with Crippen LogP contribution >= 0.6 is 11.3 Å². The Bertz CT molecular complexity index is 678. The molecule has 0 bridgehead atoms. The highest BCUT2D eigenvalue weighted by atomic mass is 32.1. The highest BCUT2D eigenvalue weighted by Crippen LogP contribution is 2.16. The zero-order chi connectivity index (χ0) is 15.2. The van der Waals surface area contributed by atoms with E-state index in [2.05, 4.69) is 17.0 Å². The molecule has 0 fully saturated rings. The quantitative estimate of drug-likeness (QED) is 0.878. The summed E-state index contributed by atoms with van der Waals surface area (Å²) in [6, 6.07) is 3.57. The Kier molecular flexibility index (Phi) is 5.14. The lowest BCUT2D eigenvalue weighted by atomic mass is 10.2. The van der Waals surface area contributed by atoms with Crippen LogP contribution in [0.5, 0.6) is 0 Å². The molecule has 0 spiro atoms. The average molecular weight is 304 g/mol. The molecule has 1 amide bonds. The van der Waals surface area contributed by atoms with E-state index in [1.54, 1.807) is 24.9 Å². The minimum absolute atomic E-state index is 0.0685. The molecule has 21 heavy (non-hydrogen) atoms. The average Bonchev–Trinajstić information content (AvgIpc) is 3.07. The first-order chi connectivity index (χ1) is 10.1. The first-order valence-corrected chi connectivity index (χ1v) is 7.34. The fraction of sp³-hybridized carbons (Fsp3) is 0.333. The topological polar surface area (TPSA) is 66.6 Å². The number of aliphatic hydroxyl groups is 1. The minimum Gasteiger partial charge on any atom is -0.395 e. The van der Waals surface area contributed by atoms with Crippen molar-refractivity contribution in [3.63, 3.8) is 0 Å². The van der Waals surface area contributed by atoms with Crippen LogP contribution in [0.1, 0.15) is 33.1 Å². The van der Waals surface area contributed by atoms with Gasteiger partial charge in [0.05, 0.1) is 17.2 Å². The van der Waals surface area contributed by atoms with E-state index in [1.165, 1.54) is 11.3 Å². The molecule has 0 atom stereocenters. The fourth-order valence-electron chi connectivity index (χ4n) is 1.73. The second-order valence-electron chi connectivity index (χ2n) is 4.59. The van der Waals surface area contributed by atoms with Gasteiger partial charge in [-0.2, -0.15) is 0 Å². The van der Waals surface area contributed by atoms with E-state index in [-0.39, 0.29) is 18.3 Å². The van der Waals surface area contributed by atoms with Crippen molar-refractivity contribution in [2.45, 2.75) is 19.9 Å². The van der Waals surface area contributed by atoms with Crippen molar-refractivity contribution in [3.05, 3.63) is 39.4 Å². The van der Waals surface area contributed by atoms with E-state index in [4.69, 9.17) is 9.63 Å². The van der Waals surface area contributed by atoms with Crippen molar-refractivity contribution in [1.29, 1.82) is 0 Å². The van der Waals surface area contributed by atoms with E-state index in [9.17, 15) is 4.79 Å². The number of aromatic nitrogens is 1. The third-order valence-electron chi connectivity index (χ3n) is 2.71. The molecule has 0 radical (unpaired) electrons. The van der Waals surface area contributed by atoms with Gasteiger partial charge in [-0.25, -0.2) is 0 Å². The highest BCUT2D eigenvalue weighted by Gasteiger charge is 2.17. The molecule has 0 unspecified atom stereocenters. The van der Waals surface area contributed by atoms with Crippen molar-refractivity contribution in [1.82, 2.24) is 10.1 Å². The Labute approximate surface area is 127 Å². The second-order valence-corrected chi connectivity index (χ2v) is 5.50. The third-order valence-corrected chi connectivity index (χ3v) is 3.60. The number of hydrogen-bond donors (Lipinski definition) is 1. The summed E-state index contributed by atoms with van der Waals surface area (Å²) >= 11 is 1.52. The van der Waals surface area contributed by atoms with E-state index in [0.717, 1.165) is 10.4 Å². The van der Waals surface area contributed by atoms with Crippen LogP contribution in [-0.4, -0.2) is 34.7 Å². The van der Waals surface area contributed by atoms with Crippen LogP contribution in [0.2, 0.25) is 0 Å². The first-order valence-electron chi connectivity index (χ1n) is 6.46. The lowest BCUT2D eigenvalue weighted by molar-refractivity contribution is 0.0743. The molecule has 2 heterocycles. The maximum absolute atomic E-state index is 12.1. The van der Waals surface area contributed by atoms with Crippen LogP contribution in [-0.2, 0) is 6.54 Å². The van der Waals surface area contributed by atoms with Gasteiger partial charge < -0.3 is 14.5 Å². The maximum atomic E-state index is 12.1. The van der Waals surface area contributed by atoms with Gasteiger partial charge in [-0.3, -0.25) is 4.79 Å². The van der Waals surface area contributed by atoms with Crippen LogP contribution in [0.4, 0.5) is 0 Å². The molecule has 0 aliphatic carbocycles. The summed E-state index contributed by atoms with van der Waals surface area (Å²) in [5, 5.41) is 14.4. The number of carbonyl (C=O) groups excluding carboxylic acids is 1. The van der Waals surface area contributed by atoms with Crippen LogP contribution in [0.15, 0.2) is 22.0 Å². The number of hydrogen-bond acceptors (Lipinski definition) is 5. The first kappa shape index (κ1) is 15.3. The molecule has 110 valence electrons. The number of aryl methyl sites for hydroxylation is 1. The van der Waals surface area contributed by atoms with Crippen molar-refractivity contribution in [3.8, 4) is 11.8 Å². The van der Waals surface area contributed by atoms with E-state index < -0.39 is 0 Å². The summed E-state index contributed by atoms with van der Waals surface area (Å²) in [5.74, 6) is 5.90. The Morgan fingerprint density at radius 1 is 1.52 bits per heavy atom. The predicted molar refractivity (Wildman–Crippen MR) is 79.9 cm³/mol. The molecule has 0 aliphatic rings. The smallest absolute Gasteiger partial charge is 0.292 e. The molecule has 2 rings (SSSR count). The normalized spacial score (nSPS) is 10.0. The van der Waals surface area contributed by atoms with Gasteiger partial charge in [-0.1, -0.05) is 17.0 Å². The van der Waals surface area contributed by atoms with Crippen LogP contribution in [0.25, 0.3) is 0 Å². The van der Waals surface area contributed by atoms with Gasteiger partial charge in [0.25, 0.3) is 5.91 Å². The van der Waals surface area contributed by atoms with Crippen LogP contribution in [0.3, 0.4) is 0 Å². The lowest BCUT2D eigenvalue weighted by Gasteiger charge is -2.13. The largest absolute Gasteiger partial charge is 0.395 e. The lowest BCUT2D eigenvalue weighted by Crippen LogP contribution is -2.25.